The summed E-state index contributed by atoms with van der Waals surface area (Å²) in [5, 5.41) is 22.9. The normalized spacial score (nSPS) is 13.5. The van der Waals surface area contributed by atoms with Gasteiger partial charge < -0.3 is 9.67 Å². The number of benzene rings is 1. The summed E-state index contributed by atoms with van der Waals surface area (Å²) in [6, 6.07) is 9.78. The zero-order valence-corrected chi connectivity index (χ0v) is 13.3. The number of allylic oxidation sites excluding steroid dienone is 2. The largest absolute Gasteiger partial charge is 0.477 e. The first-order valence-corrected chi connectivity index (χ1v) is 7.99. The van der Waals surface area contributed by atoms with Crippen LogP contribution in [0.15, 0.2) is 47.4 Å². The second-order valence-electron chi connectivity index (χ2n) is 5.23. The molecule has 0 unspecified atom stereocenters. The summed E-state index contributed by atoms with van der Waals surface area (Å²) in [7, 11) is 1.64. The molecule has 1 aliphatic heterocycles. The maximum Gasteiger partial charge on any atom is 0.353 e. The highest BCUT2D eigenvalue weighted by atomic mass is 32.2. The minimum Gasteiger partial charge on any atom is -0.477 e. The molecule has 2 aromatic rings. The molecule has 0 atom stereocenters. The van der Waals surface area contributed by atoms with Crippen LogP contribution in [0.2, 0.25) is 0 Å². The second kappa shape index (κ2) is 6.19. The molecule has 114 valence electrons. The van der Waals surface area contributed by atoms with Crippen molar-refractivity contribution in [2.45, 2.75) is 6.42 Å². The number of carboxylic acids is 1. The van der Waals surface area contributed by atoms with E-state index < -0.39 is 5.97 Å². The molecule has 0 fully saturated rings. The van der Waals surface area contributed by atoms with Gasteiger partial charge in [0.2, 0.25) is 0 Å². The maximum absolute atomic E-state index is 11.5. The average Bonchev–Trinajstić information content (AvgIpc) is 2.92. The molecule has 5 heteroatoms. The zero-order valence-electron chi connectivity index (χ0n) is 12.5. The topological polar surface area (TPSA) is 66.0 Å². The average molecular weight is 322 g/mol. The summed E-state index contributed by atoms with van der Waals surface area (Å²) in [5.41, 5.74) is 4.05. The lowest BCUT2D eigenvalue weighted by Gasteiger charge is -2.10. The Morgan fingerprint density at radius 2 is 2.00 bits per heavy atom. The van der Waals surface area contributed by atoms with Gasteiger partial charge in [0, 0.05) is 18.8 Å². The number of hydrogen-bond donors (Lipinski definition) is 1. The first-order valence-electron chi connectivity index (χ1n) is 7.05. The molecule has 23 heavy (non-hydrogen) atoms. The molecule has 0 bridgehead atoms. The van der Waals surface area contributed by atoms with E-state index in [0.29, 0.717) is 11.1 Å². The van der Waals surface area contributed by atoms with Gasteiger partial charge in [0.15, 0.2) is 0 Å². The lowest BCUT2D eigenvalue weighted by molar-refractivity contribution is 0.0687. The molecule has 0 aliphatic carbocycles. The third-order valence-corrected chi connectivity index (χ3v) is 4.54. The lowest BCUT2D eigenvalue weighted by Crippen LogP contribution is -2.05. The number of carboxylic acid groups (broad SMARTS) is 1. The van der Waals surface area contributed by atoms with E-state index in [1.54, 1.807) is 25.0 Å². The number of aryl methyl sites for hydroxylation is 1. The Morgan fingerprint density at radius 1 is 1.30 bits per heavy atom. The Kier molecular flexibility index (Phi) is 4.09. The van der Waals surface area contributed by atoms with E-state index in [0.717, 1.165) is 17.5 Å². The standard InChI is InChI=1S/C18H14N2O2S/c1-20-10-15(9-19)16(17(20)18(21)22)13-6-4-12(5-7-13)14-3-2-8-23-11-14/h2,4-8,10-11H,3H2,1H3,(H,21,22). The van der Waals surface area contributed by atoms with Crippen molar-refractivity contribution in [3.63, 3.8) is 0 Å². The highest BCUT2D eigenvalue weighted by molar-refractivity contribution is 8.05. The van der Waals surface area contributed by atoms with Gasteiger partial charge in [-0.25, -0.2) is 4.79 Å². The number of nitriles is 1. The predicted octanol–water partition coefficient (Wildman–Crippen LogP) is 4.25. The highest BCUT2D eigenvalue weighted by Gasteiger charge is 2.21. The third kappa shape index (κ3) is 2.81. The summed E-state index contributed by atoms with van der Waals surface area (Å²) < 4.78 is 1.48. The third-order valence-electron chi connectivity index (χ3n) is 3.77. The summed E-state index contributed by atoms with van der Waals surface area (Å²) in [6.07, 6.45) is 4.56. The molecule has 0 spiro atoms. The Labute approximate surface area is 138 Å². The molecule has 4 nitrogen and oxygen atoms in total. The van der Waals surface area contributed by atoms with Crippen LogP contribution in [0, 0.1) is 11.3 Å². The van der Waals surface area contributed by atoms with E-state index >= 15 is 0 Å². The Bertz CT molecular complexity index is 868. The molecule has 1 aliphatic rings. The van der Waals surface area contributed by atoms with Crippen molar-refractivity contribution >= 4 is 23.3 Å². The Morgan fingerprint density at radius 3 is 2.57 bits per heavy atom. The SMILES string of the molecule is Cn1cc(C#N)c(-c2ccc(C3=CSC=CC3)cc2)c1C(=O)O. The van der Waals surface area contributed by atoms with E-state index in [-0.39, 0.29) is 5.69 Å². The molecule has 2 heterocycles. The zero-order chi connectivity index (χ0) is 16.4. The van der Waals surface area contributed by atoms with Crippen molar-refractivity contribution < 1.29 is 9.90 Å². The number of hydrogen-bond acceptors (Lipinski definition) is 3. The number of aromatic carboxylic acids is 1. The molecule has 1 N–H and O–H groups in total. The van der Waals surface area contributed by atoms with E-state index in [4.69, 9.17) is 0 Å². The second-order valence-corrected chi connectivity index (χ2v) is 6.01. The van der Waals surface area contributed by atoms with Crippen molar-refractivity contribution in [2.75, 3.05) is 0 Å². The molecule has 1 aromatic carbocycles. The Hall–Kier alpha value is -2.71. The predicted molar refractivity (Wildman–Crippen MR) is 91.8 cm³/mol. The van der Waals surface area contributed by atoms with Gasteiger partial charge in [0.25, 0.3) is 0 Å². The molecule has 0 amide bonds. The van der Waals surface area contributed by atoms with Crippen LogP contribution in [0.1, 0.15) is 28.0 Å². The molecule has 0 radical (unpaired) electrons. The van der Waals surface area contributed by atoms with Crippen molar-refractivity contribution in [3.05, 3.63) is 64.2 Å². The minimum absolute atomic E-state index is 0.129. The van der Waals surface area contributed by atoms with Crippen molar-refractivity contribution in [3.8, 4) is 17.2 Å². The monoisotopic (exact) mass is 322 g/mol. The molecular weight excluding hydrogens is 308 g/mol. The Balaban J connectivity index is 2.05. The summed E-state index contributed by atoms with van der Waals surface area (Å²) in [6.45, 7) is 0. The summed E-state index contributed by atoms with van der Waals surface area (Å²) >= 11 is 1.65. The number of carbonyl (C=O) groups is 1. The van der Waals surface area contributed by atoms with E-state index in [1.165, 1.54) is 10.1 Å². The van der Waals surface area contributed by atoms with Crippen LogP contribution < -0.4 is 0 Å². The fraction of sp³-hybridized carbons (Fsp3) is 0.111. The fourth-order valence-electron chi connectivity index (χ4n) is 2.70. The van der Waals surface area contributed by atoms with Gasteiger partial charge in [-0.3, -0.25) is 0 Å². The van der Waals surface area contributed by atoms with Gasteiger partial charge >= 0.3 is 5.97 Å². The summed E-state index contributed by atoms with van der Waals surface area (Å²) in [5.74, 6) is -1.04. The number of rotatable bonds is 3. The van der Waals surface area contributed by atoms with E-state index in [2.05, 4.69) is 23.0 Å². The molecule has 1 aromatic heterocycles. The number of aromatic nitrogens is 1. The van der Waals surface area contributed by atoms with Gasteiger partial charge in [0.05, 0.1) is 5.56 Å². The van der Waals surface area contributed by atoms with Crippen LogP contribution in [0.5, 0.6) is 0 Å². The van der Waals surface area contributed by atoms with Gasteiger partial charge in [-0.15, -0.1) is 11.8 Å². The van der Waals surface area contributed by atoms with Crippen LogP contribution in [0.4, 0.5) is 0 Å². The smallest absolute Gasteiger partial charge is 0.353 e. The first-order chi connectivity index (χ1) is 11.1. The number of nitrogens with zero attached hydrogens (tertiary/aromatic N) is 2. The van der Waals surface area contributed by atoms with Gasteiger partial charge in [-0.2, -0.15) is 5.26 Å². The van der Waals surface area contributed by atoms with Crippen LogP contribution in [0.3, 0.4) is 0 Å². The van der Waals surface area contributed by atoms with E-state index in [9.17, 15) is 15.2 Å². The molecule has 0 saturated heterocycles. The first kappa shape index (κ1) is 15.2. The highest BCUT2D eigenvalue weighted by Crippen LogP contribution is 2.32. The van der Waals surface area contributed by atoms with Gasteiger partial charge in [-0.1, -0.05) is 30.3 Å². The summed E-state index contributed by atoms with van der Waals surface area (Å²) in [4.78, 5) is 11.5. The van der Waals surface area contributed by atoms with Crippen molar-refractivity contribution in [2.24, 2.45) is 7.05 Å². The van der Waals surface area contributed by atoms with E-state index in [1.807, 2.05) is 24.3 Å². The van der Waals surface area contributed by atoms with Crippen molar-refractivity contribution in [1.29, 1.82) is 5.26 Å². The van der Waals surface area contributed by atoms with Crippen LogP contribution >= 0.6 is 11.8 Å². The molecule has 3 rings (SSSR count). The van der Waals surface area contributed by atoms with Crippen LogP contribution in [-0.2, 0) is 7.05 Å². The molecule has 0 saturated carbocycles. The van der Waals surface area contributed by atoms with Gasteiger partial charge in [-0.05, 0) is 33.9 Å². The quantitative estimate of drug-likeness (QED) is 0.917. The van der Waals surface area contributed by atoms with Gasteiger partial charge in [0.1, 0.15) is 11.8 Å². The number of thioether (sulfide) groups is 1. The maximum atomic E-state index is 11.5. The fourth-order valence-corrected chi connectivity index (χ4v) is 3.38. The van der Waals surface area contributed by atoms with Crippen molar-refractivity contribution in [1.82, 2.24) is 4.57 Å². The van der Waals surface area contributed by atoms with Crippen LogP contribution in [-0.4, -0.2) is 15.6 Å². The minimum atomic E-state index is -1.04. The van der Waals surface area contributed by atoms with Crippen LogP contribution in [0.25, 0.3) is 16.7 Å². The molecular formula is C18H14N2O2S. The lowest BCUT2D eigenvalue weighted by atomic mass is 9.97.